The normalized spacial score (nSPS) is 16.3. The van der Waals surface area contributed by atoms with Gasteiger partial charge in [-0.05, 0) is 37.3 Å². The summed E-state index contributed by atoms with van der Waals surface area (Å²) < 4.78 is 0. The largest absolute Gasteiger partial charge is 0.392 e. The van der Waals surface area contributed by atoms with Gasteiger partial charge in [-0.25, -0.2) is 4.79 Å². The maximum Gasteiger partial charge on any atom is 0.328 e. The molecular weight excluding hydrogens is 333 g/mol. The van der Waals surface area contributed by atoms with Crippen LogP contribution in [-0.2, 0) is 0 Å². The first-order valence-corrected chi connectivity index (χ1v) is 7.55. The van der Waals surface area contributed by atoms with Crippen molar-refractivity contribution in [1.82, 2.24) is 9.80 Å². The summed E-state index contributed by atoms with van der Waals surface area (Å²) in [6, 6.07) is 4.53. The van der Waals surface area contributed by atoms with Crippen LogP contribution in [0, 0.1) is 0 Å². The number of rotatable bonds is 3. The zero-order valence-corrected chi connectivity index (χ0v) is 13.7. The predicted octanol–water partition coefficient (Wildman–Crippen LogP) is 2.81. The number of hydrogen-bond acceptors (Lipinski definition) is 3. The number of nitrogens with zero attached hydrogens (tertiary/aromatic N) is 2. The quantitative estimate of drug-likeness (QED) is 0.825. The zero-order chi connectivity index (χ0) is 15.6. The molecule has 2 N–H and O–H groups in total. The number of urea groups is 1. The van der Waals surface area contributed by atoms with Gasteiger partial charge in [0.15, 0.2) is 5.11 Å². The van der Waals surface area contributed by atoms with Gasteiger partial charge in [-0.15, -0.1) is 0 Å². The summed E-state index contributed by atoms with van der Waals surface area (Å²) in [4.78, 5) is 15.5. The number of thiocarbonyl (C=S) groups is 1. The molecule has 1 fully saturated rings. The average Bonchev–Trinajstić information content (AvgIpc) is 2.75. The topological polar surface area (TPSA) is 55.8 Å². The van der Waals surface area contributed by atoms with E-state index in [-0.39, 0.29) is 6.03 Å². The molecule has 0 aliphatic carbocycles. The molecule has 1 aromatic carbocycles. The number of halogens is 2. The van der Waals surface area contributed by atoms with Crippen LogP contribution in [0.2, 0.25) is 10.0 Å². The van der Waals surface area contributed by atoms with E-state index in [0.717, 1.165) is 0 Å². The van der Waals surface area contributed by atoms with E-state index >= 15 is 0 Å². The van der Waals surface area contributed by atoms with Gasteiger partial charge in [-0.2, -0.15) is 0 Å². The molecule has 0 spiro atoms. The minimum Gasteiger partial charge on any atom is -0.392 e. The van der Waals surface area contributed by atoms with Gasteiger partial charge in [0, 0.05) is 25.3 Å². The summed E-state index contributed by atoms with van der Waals surface area (Å²) in [5, 5.41) is 13.3. The van der Waals surface area contributed by atoms with Gasteiger partial charge >= 0.3 is 6.03 Å². The van der Waals surface area contributed by atoms with E-state index in [4.69, 9.17) is 35.4 Å². The molecular formula is C13H15Cl2N3O2S. The highest BCUT2D eigenvalue weighted by Gasteiger charge is 2.30. The van der Waals surface area contributed by atoms with Crippen molar-refractivity contribution in [3.05, 3.63) is 28.2 Å². The number of carbonyl (C=O) groups is 1. The molecule has 1 saturated heterocycles. The Bertz CT molecular complexity index is 568. The van der Waals surface area contributed by atoms with Crippen molar-refractivity contribution >= 4 is 52.3 Å². The SMILES string of the molecule is CC(O)CN1CCN(C(=O)Nc2ccc(Cl)c(Cl)c2)C1=S. The van der Waals surface area contributed by atoms with Crippen LogP contribution < -0.4 is 5.32 Å². The standard InChI is InChI=1S/C13H15Cl2N3O2S/c1-8(19)7-17-4-5-18(13(17)21)12(20)16-9-2-3-10(14)11(15)6-9/h2-3,6,8,19H,4-5,7H2,1H3,(H,16,20). The molecule has 21 heavy (non-hydrogen) atoms. The van der Waals surface area contributed by atoms with Crippen LogP contribution >= 0.6 is 35.4 Å². The molecule has 2 amide bonds. The monoisotopic (exact) mass is 347 g/mol. The molecule has 0 radical (unpaired) electrons. The van der Waals surface area contributed by atoms with E-state index in [0.29, 0.717) is 40.5 Å². The van der Waals surface area contributed by atoms with Crippen LogP contribution in [0.5, 0.6) is 0 Å². The Labute approximate surface area is 138 Å². The first kappa shape index (κ1) is 16.3. The molecule has 5 nitrogen and oxygen atoms in total. The number of amides is 2. The average molecular weight is 348 g/mol. The molecule has 1 aliphatic heterocycles. The Balaban J connectivity index is 2.01. The summed E-state index contributed by atoms with van der Waals surface area (Å²) in [6.45, 7) is 3.19. The molecule has 8 heteroatoms. The Hall–Kier alpha value is -1.08. The molecule has 1 heterocycles. The van der Waals surface area contributed by atoms with Gasteiger partial charge in [-0.3, -0.25) is 4.90 Å². The van der Waals surface area contributed by atoms with Crippen LogP contribution in [0.4, 0.5) is 10.5 Å². The second-order valence-corrected chi connectivity index (χ2v) is 5.97. The Morgan fingerprint density at radius 2 is 2.14 bits per heavy atom. The lowest BCUT2D eigenvalue weighted by Gasteiger charge is -2.22. The second kappa shape index (κ2) is 6.79. The van der Waals surface area contributed by atoms with Gasteiger partial charge < -0.3 is 15.3 Å². The summed E-state index contributed by atoms with van der Waals surface area (Å²) >= 11 is 17.0. The first-order valence-electron chi connectivity index (χ1n) is 6.39. The lowest BCUT2D eigenvalue weighted by atomic mass is 10.3. The summed E-state index contributed by atoms with van der Waals surface area (Å²) in [5.41, 5.74) is 0.547. The summed E-state index contributed by atoms with van der Waals surface area (Å²) in [5.74, 6) is 0. The number of nitrogens with one attached hydrogen (secondary N) is 1. The zero-order valence-electron chi connectivity index (χ0n) is 11.3. The molecule has 114 valence electrons. The Kier molecular flexibility index (Phi) is 5.27. The van der Waals surface area contributed by atoms with Crippen LogP contribution in [0.25, 0.3) is 0 Å². The van der Waals surface area contributed by atoms with Gasteiger partial charge in [0.2, 0.25) is 0 Å². The number of benzene rings is 1. The van der Waals surface area contributed by atoms with Crippen molar-refractivity contribution < 1.29 is 9.90 Å². The van der Waals surface area contributed by atoms with Gasteiger partial charge in [0.05, 0.1) is 16.1 Å². The van der Waals surface area contributed by atoms with E-state index in [1.54, 1.807) is 30.0 Å². The Morgan fingerprint density at radius 3 is 2.76 bits per heavy atom. The van der Waals surface area contributed by atoms with Gasteiger partial charge in [0.1, 0.15) is 0 Å². The smallest absolute Gasteiger partial charge is 0.328 e. The molecule has 0 aromatic heterocycles. The maximum atomic E-state index is 12.2. The van der Waals surface area contributed by atoms with Crippen molar-refractivity contribution in [2.24, 2.45) is 0 Å². The molecule has 1 aromatic rings. The minimum absolute atomic E-state index is 0.327. The predicted molar refractivity (Wildman–Crippen MR) is 88.0 cm³/mol. The van der Waals surface area contributed by atoms with Crippen molar-refractivity contribution in [3.63, 3.8) is 0 Å². The third kappa shape index (κ3) is 3.97. The number of aliphatic hydroxyl groups excluding tert-OH is 1. The summed E-state index contributed by atoms with van der Waals surface area (Å²) in [6.07, 6.45) is -0.499. The molecule has 0 saturated carbocycles. The molecule has 2 rings (SSSR count). The van der Waals surface area contributed by atoms with Crippen LogP contribution in [0.3, 0.4) is 0 Å². The van der Waals surface area contributed by atoms with E-state index in [9.17, 15) is 9.90 Å². The second-order valence-electron chi connectivity index (χ2n) is 4.79. The van der Waals surface area contributed by atoms with Crippen LogP contribution in [-0.4, -0.2) is 51.8 Å². The Morgan fingerprint density at radius 1 is 1.43 bits per heavy atom. The number of hydrogen-bond donors (Lipinski definition) is 2. The van der Waals surface area contributed by atoms with E-state index < -0.39 is 6.10 Å². The molecule has 1 unspecified atom stereocenters. The van der Waals surface area contributed by atoms with E-state index in [1.807, 2.05) is 0 Å². The molecule has 0 bridgehead atoms. The minimum atomic E-state index is -0.499. The third-order valence-corrected chi connectivity index (χ3v) is 4.21. The number of aliphatic hydroxyl groups is 1. The third-order valence-electron chi connectivity index (χ3n) is 3.00. The fourth-order valence-corrected chi connectivity index (χ4v) is 2.66. The van der Waals surface area contributed by atoms with Gasteiger partial charge in [-0.1, -0.05) is 23.2 Å². The lowest BCUT2D eigenvalue weighted by molar-refractivity contribution is 0.164. The van der Waals surface area contributed by atoms with Crippen molar-refractivity contribution in [2.45, 2.75) is 13.0 Å². The maximum absolute atomic E-state index is 12.2. The van der Waals surface area contributed by atoms with Crippen LogP contribution in [0.15, 0.2) is 18.2 Å². The molecule has 1 aliphatic rings. The fourth-order valence-electron chi connectivity index (χ4n) is 2.02. The first-order chi connectivity index (χ1) is 9.88. The number of β-amino-alcohol motifs (C(OH)–C–C–N with tert-alkyl or cyclic N) is 1. The highest BCUT2D eigenvalue weighted by atomic mass is 35.5. The highest BCUT2D eigenvalue weighted by Crippen LogP contribution is 2.25. The van der Waals surface area contributed by atoms with Crippen molar-refractivity contribution in [2.75, 3.05) is 25.0 Å². The van der Waals surface area contributed by atoms with Crippen LogP contribution in [0.1, 0.15) is 6.92 Å². The lowest BCUT2D eigenvalue weighted by Crippen LogP contribution is -2.40. The highest BCUT2D eigenvalue weighted by molar-refractivity contribution is 7.80. The van der Waals surface area contributed by atoms with E-state index in [2.05, 4.69) is 5.32 Å². The van der Waals surface area contributed by atoms with Crippen molar-refractivity contribution in [3.8, 4) is 0 Å². The van der Waals surface area contributed by atoms with E-state index in [1.165, 1.54) is 4.90 Å². The number of anilines is 1. The number of carbonyl (C=O) groups excluding carboxylic acids is 1. The molecule has 1 atom stereocenters. The van der Waals surface area contributed by atoms with Gasteiger partial charge in [0.25, 0.3) is 0 Å². The summed E-state index contributed by atoms with van der Waals surface area (Å²) in [7, 11) is 0. The van der Waals surface area contributed by atoms with Crippen molar-refractivity contribution in [1.29, 1.82) is 0 Å². The fraction of sp³-hybridized carbons (Fsp3) is 0.385.